The SMILES string of the molecule is CCCC(O)c1ccc(-c2ccc(C3CCC(/C=C/c4ccc(C5CO5)c(F)c4)CC3)c(F)c2F)cc1. The Hall–Kier alpha value is -2.89. The molecule has 0 bridgehead atoms. The third kappa shape index (κ3) is 5.83. The minimum atomic E-state index is -0.816. The number of epoxide rings is 1. The van der Waals surface area contributed by atoms with Gasteiger partial charge < -0.3 is 9.84 Å². The second kappa shape index (κ2) is 11.2. The predicted molar refractivity (Wildman–Crippen MR) is 140 cm³/mol. The van der Waals surface area contributed by atoms with Gasteiger partial charge in [-0.15, -0.1) is 0 Å². The largest absolute Gasteiger partial charge is 0.388 e. The van der Waals surface area contributed by atoms with Crippen molar-refractivity contribution >= 4 is 6.08 Å². The van der Waals surface area contributed by atoms with E-state index in [2.05, 4.69) is 6.08 Å². The summed E-state index contributed by atoms with van der Waals surface area (Å²) in [6.45, 7) is 2.59. The van der Waals surface area contributed by atoms with Gasteiger partial charge in [0.1, 0.15) is 11.9 Å². The van der Waals surface area contributed by atoms with Crippen molar-refractivity contribution in [1.29, 1.82) is 0 Å². The van der Waals surface area contributed by atoms with Crippen LogP contribution in [0, 0.1) is 23.4 Å². The fourth-order valence-corrected chi connectivity index (χ4v) is 5.43. The zero-order valence-corrected chi connectivity index (χ0v) is 21.1. The topological polar surface area (TPSA) is 32.8 Å². The summed E-state index contributed by atoms with van der Waals surface area (Å²) in [6.07, 6.45) is 8.26. The number of hydrogen-bond donors (Lipinski definition) is 1. The van der Waals surface area contributed by atoms with Crippen LogP contribution in [-0.2, 0) is 4.74 Å². The zero-order valence-electron chi connectivity index (χ0n) is 21.1. The highest BCUT2D eigenvalue weighted by Crippen LogP contribution is 2.40. The molecule has 1 saturated heterocycles. The molecular weight excluding hydrogens is 473 g/mol. The molecule has 3 aromatic rings. The number of hydrogen-bond acceptors (Lipinski definition) is 2. The molecule has 2 aliphatic rings. The molecule has 0 amide bonds. The summed E-state index contributed by atoms with van der Waals surface area (Å²) in [5, 5.41) is 10.2. The van der Waals surface area contributed by atoms with Gasteiger partial charge in [-0.2, -0.15) is 0 Å². The van der Waals surface area contributed by atoms with Crippen LogP contribution in [0.1, 0.15) is 85.8 Å². The summed E-state index contributed by atoms with van der Waals surface area (Å²) in [7, 11) is 0. The van der Waals surface area contributed by atoms with Gasteiger partial charge in [0.25, 0.3) is 0 Å². The van der Waals surface area contributed by atoms with Crippen molar-refractivity contribution in [3.05, 3.63) is 100 Å². The standard InChI is InChI=1S/C32H33F3O2/c1-2-3-29(36)24-13-11-23(12-14-24)26-17-16-25(31(34)32(26)35)22-9-6-20(7-10-22)4-5-21-8-15-27(28(33)18-21)30-19-37-30/h4-5,8,11-18,20,22,29-30,36H,2-3,6-7,9-10,19H2,1H3/b5-4+. The van der Waals surface area contributed by atoms with Gasteiger partial charge in [-0.25, -0.2) is 13.2 Å². The summed E-state index contributed by atoms with van der Waals surface area (Å²) >= 11 is 0. The first-order valence-corrected chi connectivity index (χ1v) is 13.3. The molecule has 5 heteroatoms. The summed E-state index contributed by atoms with van der Waals surface area (Å²) in [5.41, 5.74) is 3.49. The van der Waals surface area contributed by atoms with Gasteiger partial charge in [-0.3, -0.25) is 0 Å². The van der Waals surface area contributed by atoms with Gasteiger partial charge in [-0.05, 0) is 72.3 Å². The molecule has 3 aromatic carbocycles. The lowest BCUT2D eigenvalue weighted by atomic mass is 9.78. The fraction of sp³-hybridized carbons (Fsp3) is 0.375. The van der Waals surface area contributed by atoms with Crippen LogP contribution in [0.15, 0.2) is 60.7 Å². The van der Waals surface area contributed by atoms with Crippen molar-refractivity contribution in [2.24, 2.45) is 5.92 Å². The van der Waals surface area contributed by atoms with Gasteiger partial charge in [0, 0.05) is 11.1 Å². The van der Waals surface area contributed by atoms with Crippen LogP contribution in [0.25, 0.3) is 17.2 Å². The molecule has 1 aliphatic heterocycles. The lowest BCUT2D eigenvalue weighted by molar-refractivity contribution is 0.166. The Balaban J connectivity index is 1.22. The molecule has 1 heterocycles. The van der Waals surface area contributed by atoms with Crippen LogP contribution in [0.2, 0.25) is 0 Å². The Morgan fingerprint density at radius 3 is 2.27 bits per heavy atom. The molecule has 2 fully saturated rings. The number of aliphatic hydroxyl groups is 1. The summed E-state index contributed by atoms with van der Waals surface area (Å²) < 4.78 is 49.7. The van der Waals surface area contributed by atoms with Crippen molar-refractivity contribution in [2.75, 3.05) is 6.61 Å². The van der Waals surface area contributed by atoms with E-state index < -0.39 is 17.7 Å². The quantitative estimate of drug-likeness (QED) is 0.310. The molecule has 2 nitrogen and oxygen atoms in total. The number of benzene rings is 3. The predicted octanol–water partition coefficient (Wildman–Crippen LogP) is 8.66. The molecule has 2 atom stereocenters. The van der Waals surface area contributed by atoms with Crippen molar-refractivity contribution in [3.8, 4) is 11.1 Å². The molecule has 1 N–H and O–H groups in total. The minimum absolute atomic E-state index is 0.0185. The normalized spacial score (nSPS) is 22.4. The van der Waals surface area contributed by atoms with E-state index in [1.54, 1.807) is 48.5 Å². The van der Waals surface area contributed by atoms with Crippen molar-refractivity contribution in [3.63, 3.8) is 0 Å². The van der Waals surface area contributed by atoms with Crippen LogP contribution in [-0.4, -0.2) is 11.7 Å². The Bertz CT molecular complexity index is 1260. The van der Waals surface area contributed by atoms with E-state index >= 15 is 8.78 Å². The third-order valence-corrected chi connectivity index (χ3v) is 7.76. The monoisotopic (exact) mass is 506 g/mol. The Morgan fingerprint density at radius 1 is 0.919 bits per heavy atom. The molecule has 37 heavy (non-hydrogen) atoms. The van der Waals surface area contributed by atoms with Gasteiger partial charge in [0.2, 0.25) is 0 Å². The van der Waals surface area contributed by atoms with E-state index in [1.807, 2.05) is 19.1 Å². The van der Waals surface area contributed by atoms with Crippen molar-refractivity contribution in [1.82, 2.24) is 0 Å². The first-order valence-electron chi connectivity index (χ1n) is 13.3. The summed E-state index contributed by atoms with van der Waals surface area (Å²) in [4.78, 5) is 0. The number of aliphatic hydroxyl groups excluding tert-OH is 1. The van der Waals surface area contributed by atoms with Crippen molar-refractivity contribution < 1.29 is 23.0 Å². The molecule has 2 unspecified atom stereocenters. The first-order chi connectivity index (χ1) is 17.9. The highest BCUT2D eigenvalue weighted by atomic mass is 19.2. The van der Waals surface area contributed by atoms with Gasteiger partial charge in [0.15, 0.2) is 11.6 Å². The van der Waals surface area contributed by atoms with Crippen LogP contribution in [0.4, 0.5) is 13.2 Å². The Morgan fingerprint density at radius 2 is 1.62 bits per heavy atom. The zero-order chi connectivity index (χ0) is 25.9. The summed E-state index contributed by atoms with van der Waals surface area (Å²) in [5.74, 6) is -1.50. The van der Waals surface area contributed by atoms with E-state index in [0.717, 1.165) is 43.2 Å². The third-order valence-electron chi connectivity index (χ3n) is 7.76. The molecule has 0 aromatic heterocycles. The fourth-order valence-electron chi connectivity index (χ4n) is 5.43. The second-order valence-electron chi connectivity index (χ2n) is 10.3. The molecule has 0 spiro atoms. The van der Waals surface area contributed by atoms with Gasteiger partial charge in [-0.1, -0.05) is 74.0 Å². The molecule has 0 radical (unpaired) electrons. The lowest BCUT2D eigenvalue weighted by Crippen LogP contribution is -2.13. The number of halogens is 3. The van der Waals surface area contributed by atoms with Crippen LogP contribution >= 0.6 is 0 Å². The molecular formula is C32H33F3O2. The Kier molecular flexibility index (Phi) is 7.82. The molecule has 1 saturated carbocycles. The maximum absolute atomic E-state index is 15.2. The van der Waals surface area contributed by atoms with Gasteiger partial charge >= 0.3 is 0 Å². The second-order valence-corrected chi connectivity index (χ2v) is 10.3. The average Bonchev–Trinajstić information content (AvgIpc) is 3.75. The van der Waals surface area contributed by atoms with Crippen LogP contribution < -0.4 is 0 Å². The van der Waals surface area contributed by atoms with E-state index in [-0.39, 0.29) is 23.4 Å². The number of allylic oxidation sites excluding steroid dienone is 1. The smallest absolute Gasteiger partial charge is 0.166 e. The molecule has 5 rings (SSSR count). The maximum atomic E-state index is 15.2. The van der Waals surface area contributed by atoms with E-state index in [1.165, 1.54) is 0 Å². The van der Waals surface area contributed by atoms with E-state index in [9.17, 15) is 9.50 Å². The summed E-state index contributed by atoms with van der Waals surface area (Å²) in [6, 6.07) is 15.7. The number of ether oxygens (including phenoxy) is 1. The van der Waals surface area contributed by atoms with E-state index in [0.29, 0.717) is 35.6 Å². The first kappa shape index (κ1) is 25.7. The Labute approximate surface area is 216 Å². The lowest BCUT2D eigenvalue weighted by Gasteiger charge is -2.27. The van der Waals surface area contributed by atoms with Gasteiger partial charge in [0.05, 0.1) is 12.7 Å². The average molecular weight is 507 g/mol. The van der Waals surface area contributed by atoms with E-state index in [4.69, 9.17) is 4.74 Å². The van der Waals surface area contributed by atoms with Crippen molar-refractivity contribution in [2.45, 2.75) is 63.6 Å². The van der Waals surface area contributed by atoms with Crippen LogP contribution in [0.3, 0.4) is 0 Å². The highest BCUT2D eigenvalue weighted by Gasteiger charge is 2.28. The number of rotatable bonds is 8. The highest BCUT2D eigenvalue weighted by molar-refractivity contribution is 5.65. The van der Waals surface area contributed by atoms with Crippen LogP contribution in [0.5, 0.6) is 0 Å². The maximum Gasteiger partial charge on any atom is 0.166 e. The molecule has 194 valence electrons. The molecule has 1 aliphatic carbocycles. The minimum Gasteiger partial charge on any atom is -0.388 e.